The summed E-state index contributed by atoms with van der Waals surface area (Å²) in [6.07, 6.45) is 2.71. The Labute approximate surface area is 114 Å². The van der Waals surface area contributed by atoms with Gasteiger partial charge in [0.2, 0.25) is 0 Å². The molecule has 3 nitrogen and oxygen atoms in total. The van der Waals surface area contributed by atoms with Crippen LogP contribution < -0.4 is 5.32 Å². The molecule has 100 valence electrons. The lowest BCUT2D eigenvalue weighted by atomic mass is 10.2. The van der Waals surface area contributed by atoms with Gasteiger partial charge in [-0.05, 0) is 32.0 Å². The predicted molar refractivity (Wildman–Crippen MR) is 79.1 cm³/mol. The number of benzene rings is 1. The number of nitrogens with zero attached hydrogens (tertiary/aromatic N) is 2. The molecule has 0 spiro atoms. The number of pyridine rings is 1. The summed E-state index contributed by atoms with van der Waals surface area (Å²) in [5.74, 6) is 0. The van der Waals surface area contributed by atoms with Crippen molar-refractivity contribution >= 4 is 10.9 Å². The highest BCUT2D eigenvalue weighted by atomic mass is 15.1. The standard InChI is InChI=1S/C16H21N3/c1-19(11-10-17-14-8-9-14)12-15-7-6-13-4-2-3-5-16(13)18-15/h2-7,14,17H,8-12H2,1H3. The maximum atomic E-state index is 4.71. The molecule has 0 unspecified atom stereocenters. The van der Waals surface area contributed by atoms with E-state index in [0.717, 1.165) is 36.9 Å². The third-order valence-electron chi connectivity index (χ3n) is 3.59. The fourth-order valence-electron chi connectivity index (χ4n) is 2.30. The Hall–Kier alpha value is -1.45. The van der Waals surface area contributed by atoms with E-state index in [1.54, 1.807) is 0 Å². The van der Waals surface area contributed by atoms with E-state index in [0.29, 0.717) is 0 Å². The van der Waals surface area contributed by atoms with Crippen molar-refractivity contribution < 1.29 is 0 Å². The monoisotopic (exact) mass is 255 g/mol. The van der Waals surface area contributed by atoms with Crippen molar-refractivity contribution in [3.05, 3.63) is 42.1 Å². The highest BCUT2D eigenvalue weighted by Gasteiger charge is 2.19. The lowest BCUT2D eigenvalue weighted by Crippen LogP contribution is -2.30. The van der Waals surface area contributed by atoms with Crippen molar-refractivity contribution in [3.8, 4) is 0 Å². The molecular formula is C16H21N3. The first-order chi connectivity index (χ1) is 9.31. The summed E-state index contributed by atoms with van der Waals surface area (Å²) in [7, 11) is 2.16. The molecule has 19 heavy (non-hydrogen) atoms. The van der Waals surface area contributed by atoms with Crippen LogP contribution in [0.4, 0.5) is 0 Å². The van der Waals surface area contributed by atoms with Gasteiger partial charge in [0.05, 0.1) is 11.2 Å². The van der Waals surface area contributed by atoms with Crippen LogP contribution in [0.3, 0.4) is 0 Å². The van der Waals surface area contributed by atoms with Crippen LogP contribution in [0.5, 0.6) is 0 Å². The highest BCUT2D eigenvalue weighted by Crippen LogP contribution is 2.18. The lowest BCUT2D eigenvalue weighted by Gasteiger charge is -2.16. The smallest absolute Gasteiger partial charge is 0.0705 e. The van der Waals surface area contributed by atoms with Crippen molar-refractivity contribution in [2.24, 2.45) is 0 Å². The van der Waals surface area contributed by atoms with Crippen molar-refractivity contribution in [1.29, 1.82) is 0 Å². The molecule has 3 heteroatoms. The number of para-hydroxylation sites is 1. The molecule has 1 saturated carbocycles. The van der Waals surface area contributed by atoms with E-state index < -0.39 is 0 Å². The fraction of sp³-hybridized carbons (Fsp3) is 0.438. The summed E-state index contributed by atoms with van der Waals surface area (Å²) in [6.45, 7) is 3.07. The van der Waals surface area contributed by atoms with Crippen LogP contribution in [0.2, 0.25) is 0 Å². The van der Waals surface area contributed by atoms with Crippen LogP contribution in [0, 0.1) is 0 Å². The molecule has 0 bridgehead atoms. The number of hydrogen-bond acceptors (Lipinski definition) is 3. The molecule has 1 aliphatic carbocycles. The van der Waals surface area contributed by atoms with Crippen molar-refractivity contribution in [2.45, 2.75) is 25.4 Å². The van der Waals surface area contributed by atoms with Gasteiger partial charge in [-0.15, -0.1) is 0 Å². The van der Waals surface area contributed by atoms with Crippen LogP contribution in [0.1, 0.15) is 18.5 Å². The van der Waals surface area contributed by atoms with Crippen LogP contribution in [0.15, 0.2) is 36.4 Å². The Morgan fingerprint density at radius 2 is 2.05 bits per heavy atom. The van der Waals surface area contributed by atoms with Gasteiger partial charge in [-0.3, -0.25) is 9.88 Å². The molecule has 1 N–H and O–H groups in total. The van der Waals surface area contributed by atoms with Gasteiger partial charge in [-0.2, -0.15) is 0 Å². The van der Waals surface area contributed by atoms with E-state index in [1.807, 2.05) is 6.07 Å². The zero-order valence-corrected chi connectivity index (χ0v) is 11.5. The van der Waals surface area contributed by atoms with Crippen molar-refractivity contribution in [2.75, 3.05) is 20.1 Å². The molecule has 0 aliphatic heterocycles. The minimum atomic E-state index is 0.798. The molecule has 1 fully saturated rings. The van der Waals surface area contributed by atoms with Crippen LogP contribution in [-0.2, 0) is 6.54 Å². The number of fused-ring (bicyclic) bond motifs is 1. The number of rotatable bonds is 6. The van der Waals surface area contributed by atoms with Crippen LogP contribution in [0.25, 0.3) is 10.9 Å². The van der Waals surface area contributed by atoms with E-state index in [2.05, 4.69) is 47.6 Å². The number of hydrogen-bond donors (Lipinski definition) is 1. The van der Waals surface area contributed by atoms with Gasteiger partial charge in [-0.25, -0.2) is 0 Å². The molecule has 2 aromatic rings. The minimum Gasteiger partial charge on any atom is -0.313 e. The van der Waals surface area contributed by atoms with Gasteiger partial charge in [-0.1, -0.05) is 24.3 Å². The zero-order valence-electron chi connectivity index (χ0n) is 11.5. The lowest BCUT2D eigenvalue weighted by molar-refractivity contribution is 0.320. The van der Waals surface area contributed by atoms with Crippen LogP contribution in [-0.4, -0.2) is 36.1 Å². The summed E-state index contributed by atoms with van der Waals surface area (Å²) in [4.78, 5) is 7.03. The predicted octanol–water partition coefficient (Wildman–Crippen LogP) is 2.42. The quantitative estimate of drug-likeness (QED) is 0.859. The van der Waals surface area contributed by atoms with Gasteiger partial charge in [0.25, 0.3) is 0 Å². The topological polar surface area (TPSA) is 28.2 Å². The normalized spacial score (nSPS) is 15.3. The minimum absolute atomic E-state index is 0.798. The van der Waals surface area contributed by atoms with Crippen LogP contribution >= 0.6 is 0 Å². The fourth-order valence-corrected chi connectivity index (χ4v) is 2.30. The van der Waals surface area contributed by atoms with Crippen molar-refractivity contribution in [1.82, 2.24) is 15.2 Å². The summed E-state index contributed by atoms with van der Waals surface area (Å²) in [5, 5.41) is 4.75. The zero-order chi connectivity index (χ0) is 13.1. The SMILES string of the molecule is CN(CCNC1CC1)Cc1ccc2ccccc2n1. The third kappa shape index (κ3) is 3.52. The second-order valence-corrected chi connectivity index (χ2v) is 5.46. The number of nitrogens with one attached hydrogen (secondary N) is 1. The van der Waals surface area contributed by atoms with E-state index in [4.69, 9.17) is 4.98 Å². The summed E-state index contributed by atoms with van der Waals surface area (Å²) < 4.78 is 0. The molecule has 0 radical (unpaired) electrons. The average molecular weight is 255 g/mol. The molecule has 3 rings (SSSR count). The average Bonchev–Trinajstić information content (AvgIpc) is 3.23. The number of likely N-dealkylation sites (N-methyl/N-ethyl adjacent to an activating group) is 1. The first kappa shape index (κ1) is 12.6. The van der Waals surface area contributed by atoms with Gasteiger partial charge in [0.1, 0.15) is 0 Å². The summed E-state index contributed by atoms with van der Waals surface area (Å²) >= 11 is 0. The van der Waals surface area contributed by atoms with E-state index >= 15 is 0 Å². The summed E-state index contributed by atoms with van der Waals surface area (Å²) in [6, 6.07) is 13.4. The maximum Gasteiger partial charge on any atom is 0.0705 e. The second-order valence-electron chi connectivity index (χ2n) is 5.46. The maximum absolute atomic E-state index is 4.71. The van der Waals surface area contributed by atoms with E-state index in [1.165, 1.54) is 18.2 Å². The van der Waals surface area contributed by atoms with Gasteiger partial charge in [0, 0.05) is 31.1 Å². The molecule has 1 heterocycles. The molecule has 0 atom stereocenters. The molecule has 1 aromatic heterocycles. The molecule has 1 aromatic carbocycles. The van der Waals surface area contributed by atoms with Gasteiger partial charge in [0.15, 0.2) is 0 Å². The third-order valence-corrected chi connectivity index (χ3v) is 3.59. The Balaban J connectivity index is 1.57. The molecule has 1 aliphatic rings. The van der Waals surface area contributed by atoms with E-state index in [-0.39, 0.29) is 0 Å². The number of aromatic nitrogens is 1. The Bertz CT molecular complexity index is 548. The first-order valence-corrected chi connectivity index (χ1v) is 7.08. The largest absolute Gasteiger partial charge is 0.313 e. The highest BCUT2D eigenvalue weighted by molar-refractivity contribution is 5.78. The van der Waals surface area contributed by atoms with Gasteiger partial charge < -0.3 is 5.32 Å². The Morgan fingerprint density at radius 3 is 2.89 bits per heavy atom. The Kier molecular flexibility index (Phi) is 3.76. The molecule has 0 saturated heterocycles. The van der Waals surface area contributed by atoms with E-state index in [9.17, 15) is 0 Å². The first-order valence-electron chi connectivity index (χ1n) is 7.08. The second kappa shape index (κ2) is 5.68. The van der Waals surface area contributed by atoms with Crippen molar-refractivity contribution in [3.63, 3.8) is 0 Å². The molecular weight excluding hydrogens is 234 g/mol. The Morgan fingerprint density at radius 1 is 1.21 bits per heavy atom. The van der Waals surface area contributed by atoms with Gasteiger partial charge >= 0.3 is 0 Å². The summed E-state index contributed by atoms with van der Waals surface area (Å²) in [5.41, 5.74) is 2.23. The molecule has 0 amide bonds.